The van der Waals surface area contributed by atoms with Gasteiger partial charge < -0.3 is 14.6 Å². The quantitative estimate of drug-likeness (QED) is 0.499. The number of benzene rings is 2. The van der Waals surface area contributed by atoms with E-state index in [9.17, 15) is 19.3 Å². The molecular weight excluding hydrogens is 367 g/mol. The Morgan fingerprint density at radius 1 is 1.29 bits per heavy atom. The highest BCUT2D eigenvalue weighted by Gasteiger charge is 2.22. The van der Waals surface area contributed by atoms with E-state index in [1.165, 1.54) is 30.3 Å². The molecule has 144 valence electrons. The number of para-hydroxylation sites is 2. The molecule has 9 heteroatoms. The summed E-state index contributed by atoms with van der Waals surface area (Å²) in [6, 6.07) is 10.9. The van der Waals surface area contributed by atoms with E-state index in [0.717, 1.165) is 0 Å². The molecule has 8 nitrogen and oxygen atoms in total. The number of hydrogen-bond acceptors (Lipinski definition) is 5. The molecular formula is C19H17FN4O4. The predicted octanol–water partition coefficient (Wildman–Crippen LogP) is 2.75. The molecule has 0 aliphatic rings. The van der Waals surface area contributed by atoms with E-state index in [1.807, 2.05) is 0 Å². The molecule has 3 rings (SSSR count). The first kappa shape index (κ1) is 19.0. The van der Waals surface area contributed by atoms with E-state index >= 15 is 0 Å². The minimum Gasteiger partial charge on any atom is -0.477 e. The molecule has 1 N–H and O–H groups in total. The number of hydrogen-bond donors (Lipinski definition) is 1. The molecule has 1 heterocycles. The van der Waals surface area contributed by atoms with Crippen LogP contribution in [0.4, 0.5) is 10.1 Å². The van der Waals surface area contributed by atoms with Crippen molar-refractivity contribution in [3.05, 3.63) is 88.2 Å². The normalized spacial score (nSPS) is 11.6. The van der Waals surface area contributed by atoms with Crippen molar-refractivity contribution in [2.24, 2.45) is 7.05 Å². The first-order valence-corrected chi connectivity index (χ1v) is 8.34. The molecule has 0 bridgehead atoms. The second-order valence-electron chi connectivity index (χ2n) is 5.96. The van der Waals surface area contributed by atoms with Crippen molar-refractivity contribution in [2.75, 3.05) is 6.61 Å². The van der Waals surface area contributed by atoms with Gasteiger partial charge in [0.25, 0.3) is 5.91 Å². The average Bonchev–Trinajstić information content (AvgIpc) is 3.11. The molecule has 0 fully saturated rings. The summed E-state index contributed by atoms with van der Waals surface area (Å²) < 4.78 is 20.3. The van der Waals surface area contributed by atoms with Gasteiger partial charge in [-0.3, -0.25) is 14.9 Å². The van der Waals surface area contributed by atoms with Crippen LogP contribution in [0.25, 0.3) is 0 Å². The van der Waals surface area contributed by atoms with Crippen LogP contribution in [0, 0.1) is 15.9 Å². The SMILES string of the molecule is Cn1ccnc1C(NC(=O)COc1ccccc1[N+](=O)[O-])c1ccc(F)cc1. The summed E-state index contributed by atoms with van der Waals surface area (Å²) in [5, 5.41) is 13.8. The number of carbonyl (C=O) groups excluding carboxylic acids is 1. The maximum atomic E-state index is 13.3. The Bertz CT molecular complexity index is 988. The van der Waals surface area contributed by atoms with Crippen molar-refractivity contribution in [1.82, 2.24) is 14.9 Å². The van der Waals surface area contributed by atoms with E-state index in [4.69, 9.17) is 4.74 Å². The summed E-state index contributed by atoms with van der Waals surface area (Å²) in [6.07, 6.45) is 3.31. The fourth-order valence-corrected chi connectivity index (χ4v) is 2.68. The lowest BCUT2D eigenvalue weighted by molar-refractivity contribution is -0.385. The fraction of sp³-hybridized carbons (Fsp3) is 0.158. The van der Waals surface area contributed by atoms with Crippen LogP contribution in [0.1, 0.15) is 17.4 Å². The molecule has 0 aliphatic carbocycles. The number of rotatable bonds is 7. The van der Waals surface area contributed by atoms with Crippen LogP contribution >= 0.6 is 0 Å². The number of nitrogens with zero attached hydrogens (tertiary/aromatic N) is 3. The number of amides is 1. The van der Waals surface area contributed by atoms with Crippen molar-refractivity contribution in [1.29, 1.82) is 0 Å². The zero-order valence-corrected chi connectivity index (χ0v) is 14.9. The predicted molar refractivity (Wildman–Crippen MR) is 98.2 cm³/mol. The number of nitro benzene ring substituents is 1. The summed E-state index contributed by atoms with van der Waals surface area (Å²) in [4.78, 5) is 27.1. The number of imidazole rings is 1. The molecule has 28 heavy (non-hydrogen) atoms. The topological polar surface area (TPSA) is 99.3 Å². The summed E-state index contributed by atoms with van der Waals surface area (Å²) in [7, 11) is 1.77. The zero-order valence-electron chi connectivity index (χ0n) is 14.9. The van der Waals surface area contributed by atoms with Gasteiger partial charge in [-0.25, -0.2) is 9.37 Å². The zero-order chi connectivity index (χ0) is 20.1. The third-order valence-corrected chi connectivity index (χ3v) is 4.05. The maximum absolute atomic E-state index is 13.3. The summed E-state index contributed by atoms with van der Waals surface area (Å²) in [5.74, 6) is -0.354. The Hall–Kier alpha value is -3.75. The Balaban J connectivity index is 1.76. The fourth-order valence-electron chi connectivity index (χ4n) is 2.68. The van der Waals surface area contributed by atoms with Gasteiger partial charge in [0.05, 0.1) is 4.92 Å². The molecule has 0 aliphatic heterocycles. The van der Waals surface area contributed by atoms with Crippen LogP contribution < -0.4 is 10.1 Å². The lowest BCUT2D eigenvalue weighted by atomic mass is 10.1. The van der Waals surface area contributed by atoms with Gasteiger partial charge in [-0.05, 0) is 23.8 Å². The van der Waals surface area contributed by atoms with Crippen LogP contribution in [0.15, 0.2) is 60.9 Å². The minimum absolute atomic E-state index is 0.00188. The Kier molecular flexibility index (Phi) is 5.64. The largest absolute Gasteiger partial charge is 0.477 e. The van der Waals surface area contributed by atoms with Gasteiger partial charge in [-0.2, -0.15) is 0 Å². The number of nitro groups is 1. The summed E-state index contributed by atoms with van der Waals surface area (Å²) in [5.41, 5.74) is 0.407. The third-order valence-electron chi connectivity index (χ3n) is 4.05. The average molecular weight is 384 g/mol. The van der Waals surface area contributed by atoms with Crippen LogP contribution in [-0.2, 0) is 11.8 Å². The number of nitrogens with one attached hydrogen (secondary N) is 1. The maximum Gasteiger partial charge on any atom is 0.310 e. The van der Waals surface area contributed by atoms with E-state index < -0.39 is 29.3 Å². The molecule has 1 amide bonds. The highest BCUT2D eigenvalue weighted by molar-refractivity contribution is 5.78. The first-order chi connectivity index (χ1) is 13.5. The Morgan fingerprint density at radius 3 is 2.64 bits per heavy atom. The number of aromatic nitrogens is 2. The standard InChI is InChI=1S/C19H17FN4O4/c1-23-11-10-21-19(23)18(13-6-8-14(20)9-7-13)22-17(25)12-28-16-5-3-2-4-15(16)24(26)27/h2-11,18H,12H2,1H3,(H,22,25). The molecule has 0 spiro atoms. The minimum atomic E-state index is -0.637. The molecule has 0 saturated heterocycles. The van der Waals surface area contributed by atoms with Gasteiger partial charge >= 0.3 is 5.69 Å². The Morgan fingerprint density at radius 2 is 2.00 bits per heavy atom. The highest BCUT2D eigenvalue weighted by Crippen LogP contribution is 2.26. The molecule has 2 aromatic carbocycles. The Labute approximate surface area is 159 Å². The van der Waals surface area contributed by atoms with Crippen molar-refractivity contribution in [2.45, 2.75) is 6.04 Å². The first-order valence-electron chi connectivity index (χ1n) is 8.34. The van der Waals surface area contributed by atoms with Crippen LogP contribution in [0.3, 0.4) is 0 Å². The van der Waals surface area contributed by atoms with Crippen LogP contribution in [0.5, 0.6) is 5.75 Å². The van der Waals surface area contributed by atoms with E-state index in [-0.39, 0.29) is 11.4 Å². The summed E-state index contributed by atoms with van der Waals surface area (Å²) in [6.45, 7) is -0.424. The van der Waals surface area contributed by atoms with Crippen molar-refractivity contribution in [3.63, 3.8) is 0 Å². The van der Waals surface area contributed by atoms with Crippen LogP contribution in [-0.4, -0.2) is 27.0 Å². The van der Waals surface area contributed by atoms with Crippen molar-refractivity contribution >= 4 is 11.6 Å². The van der Waals surface area contributed by atoms with E-state index in [1.54, 1.807) is 42.2 Å². The van der Waals surface area contributed by atoms with Crippen molar-refractivity contribution < 1.29 is 18.8 Å². The lowest BCUT2D eigenvalue weighted by Gasteiger charge is -2.19. The molecule has 0 saturated carbocycles. The second kappa shape index (κ2) is 8.30. The molecule has 1 atom stereocenters. The van der Waals surface area contributed by atoms with E-state index in [0.29, 0.717) is 11.4 Å². The van der Waals surface area contributed by atoms with Gasteiger partial charge in [0.1, 0.15) is 17.7 Å². The monoisotopic (exact) mass is 384 g/mol. The number of aryl methyl sites for hydroxylation is 1. The van der Waals surface area contributed by atoms with Gasteiger partial charge in [-0.1, -0.05) is 24.3 Å². The molecule has 3 aromatic rings. The number of halogens is 1. The second-order valence-corrected chi connectivity index (χ2v) is 5.96. The summed E-state index contributed by atoms with van der Waals surface area (Å²) >= 11 is 0. The highest BCUT2D eigenvalue weighted by atomic mass is 19.1. The molecule has 0 radical (unpaired) electrons. The van der Waals surface area contributed by atoms with E-state index in [2.05, 4.69) is 10.3 Å². The smallest absolute Gasteiger partial charge is 0.310 e. The van der Waals surface area contributed by atoms with Gasteiger partial charge in [0.15, 0.2) is 12.4 Å². The van der Waals surface area contributed by atoms with Gasteiger partial charge in [-0.15, -0.1) is 0 Å². The molecule has 1 unspecified atom stereocenters. The third kappa shape index (κ3) is 4.32. The number of ether oxygens (including phenoxy) is 1. The molecule has 1 aromatic heterocycles. The number of carbonyl (C=O) groups is 1. The van der Waals surface area contributed by atoms with Crippen LogP contribution in [0.2, 0.25) is 0 Å². The van der Waals surface area contributed by atoms with Gasteiger partial charge in [0.2, 0.25) is 0 Å². The van der Waals surface area contributed by atoms with Crippen molar-refractivity contribution in [3.8, 4) is 5.75 Å². The lowest BCUT2D eigenvalue weighted by Crippen LogP contribution is -2.34. The van der Waals surface area contributed by atoms with Gasteiger partial charge in [0, 0.05) is 25.5 Å².